The van der Waals surface area contributed by atoms with Gasteiger partial charge in [0, 0.05) is 25.2 Å². The van der Waals surface area contributed by atoms with E-state index in [-0.39, 0.29) is 10.6 Å². The van der Waals surface area contributed by atoms with Crippen LogP contribution in [0.2, 0.25) is 0 Å². The number of rotatable bonds is 2. The highest BCUT2D eigenvalue weighted by atomic mass is 16.6. The minimum absolute atomic E-state index is 0.0496. The first kappa shape index (κ1) is 11.5. The van der Waals surface area contributed by atoms with Crippen LogP contribution in [0.4, 0.5) is 11.4 Å². The zero-order valence-corrected chi connectivity index (χ0v) is 10.3. The van der Waals surface area contributed by atoms with Crippen LogP contribution in [-0.4, -0.2) is 29.0 Å². The molecule has 0 spiro atoms. The summed E-state index contributed by atoms with van der Waals surface area (Å²) in [6.45, 7) is 2.06. The van der Waals surface area contributed by atoms with Crippen LogP contribution in [0.5, 0.6) is 0 Å². The average molecular weight is 247 g/mol. The molecule has 3 rings (SSSR count). The van der Waals surface area contributed by atoms with Gasteiger partial charge in [0.2, 0.25) is 0 Å². The lowest BCUT2D eigenvalue weighted by molar-refractivity contribution is -0.384. The first-order valence-corrected chi connectivity index (χ1v) is 6.45. The van der Waals surface area contributed by atoms with E-state index in [0.717, 1.165) is 37.5 Å². The first-order valence-electron chi connectivity index (χ1n) is 6.45. The third-order valence-corrected chi connectivity index (χ3v) is 3.95. The Balaban J connectivity index is 1.88. The van der Waals surface area contributed by atoms with Crippen molar-refractivity contribution in [2.45, 2.75) is 31.7 Å². The molecule has 2 aliphatic rings. The highest BCUT2D eigenvalue weighted by Gasteiger charge is 2.30. The van der Waals surface area contributed by atoms with Crippen LogP contribution in [-0.2, 0) is 12.8 Å². The summed E-state index contributed by atoms with van der Waals surface area (Å²) in [5.74, 6) is 0. The third kappa shape index (κ3) is 2.06. The molecule has 0 amide bonds. The Labute approximate surface area is 106 Å². The molecule has 1 aliphatic heterocycles. The molecule has 0 unspecified atom stereocenters. The molecule has 1 heterocycles. The lowest BCUT2D eigenvalue weighted by Gasteiger charge is -2.18. The fraction of sp³-hybridized carbons (Fsp3) is 0.538. The molecule has 0 atom stereocenters. The molecular formula is C13H17N3O2. The van der Waals surface area contributed by atoms with Gasteiger partial charge in [-0.3, -0.25) is 15.0 Å². The second kappa shape index (κ2) is 4.24. The molecule has 1 saturated carbocycles. The lowest BCUT2D eigenvalue weighted by Crippen LogP contribution is -2.28. The topological polar surface area (TPSA) is 72.4 Å². The van der Waals surface area contributed by atoms with Crippen LogP contribution >= 0.6 is 0 Å². The molecule has 1 aromatic carbocycles. The summed E-state index contributed by atoms with van der Waals surface area (Å²) in [7, 11) is 0. The van der Waals surface area contributed by atoms with E-state index in [2.05, 4.69) is 4.90 Å². The van der Waals surface area contributed by atoms with Gasteiger partial charge in [-0.1, -0.05) is 0 Å². The largest absolute Gasteiger partial charge is 0.393 e. The Kier molecular flexibility index (Phi) is 2.70. The van der Waals surface area contributed by atoms with Gasteiger partial charge in [-0.05, 0) is 42.9 Å². The smallest absolute Gasteiger partial charge is 0.292 e. The summed E-state index contributed by atoms with van der Waals surface area (Å²) in [6.07, 6.45) is 4.46. The maximum atomic E-state index is 10.9. The van der Waals surface area contributed by atoms with Crippen molar-refractivity contribution < 1.29 is 4.92 Å². The fourth-order valence-electron chi connectivity index (χ4n) is 2.76. The van der Waals surface area contributed by atoms with Crippen LogP contribution in [0.3, 0.4) is 0 Å². The van der Waals surface area contributed by atoms with Crippen molar-refractivity contribution in [1.82, 2.24) is 4.90 Å². The molecule has 0 aromatic heterocycles. The predicted octanol–water partition coefficient (Wildman–Crippen LogP) is 1.74. The van der Waals surface area contributed by atoms with Crippen molar-refractivity contribution in [3.8, 4) is 0 Å². The van der Waals surface area contributed by atoms with E-state index in [1.54, 1.807) is 12.1 Å². The van der Waals surface area contributed by atoms with Gasteiger partial charge in [-0.15, -0.1) is 0 Å². The number of benzene rings is 1. The zero-order valence-electron chi connectivity index (χ0n) is 10.3. The van der Waals surface area contributed by atoms with Gasteiger partial charge in [0.25, 0.3) is 5.69 Å². The van der Waals surface area contributed by atoms with Gasteiger partial charge in [0.1, 0.15) is 5.69 Å². The number of nitro groups is 1. The molecule has 1 fully saturated rings. The molecule has 5 nitrogen and oxygen atoms in total. The van der Waals surface area contributed by atoms with E-state index in [4.69, 9.17) is 5.73 Å². The number of hydrogen-bond acceptors (Lipinski definition) is 4. The second-order valence-corrected chi connectivity index (χ2v) is 5.20. The summed E-state index contributed by atoms with van der Waals surface area (Å²) in [5, 5.41) is 10.9. The summed E-state index contributed by atoms with van der Waals surface area (Å²) < 4.78 is 0. The van der Waals surface area contributed by atoms with Gasteiger partial charge in [0.05, 0.1) is 4.92 Å². The normalized spacial score (nSPS) is 20.2. The maximum Gasteiger partial charge on any atom is 0.292 e. The van der Waals surface area contributed by atoms with Crippen LogP contribution in [0.15, 0.2) is 12.1 Å². The summed E-state index contributed by atoms with van der Waals surface area (Å²) >= 11 is 0. The van der Waals surface area contributed by atoms with Crippen molar-refractivity contribution >= 4 is 11.4 Å². The van der Waals surface area contributed by atoms with Gasteiger partial charge in [0.15, 0.2) is 0 Å². The number of nitrogen functional groups attached to an aromatic ring is 1. The van der Waals surface area contributed by atoms with Crippen molar-refractivity contribution in [3.05, 3.63) is 33.4 Å². The van der Waals surface area contributed by atoms with Crippen molar-refractivity contribution in [1.29, 1.82) is 0 Å². The molecule has 96 valence electrons. The van der Waals surface area contributed by atoms with Crippen molar-refractivity contribution in [2.75, 3.05) is 18.8 Å². The molecule has 1 aliphatic carbocycles. The Bertz CT molecular complexity index is 497. The van der Waals surface area contributed by atoms with E-state index in [1.807, 2.05) is 0 Å². The molecule has 0 radical (unpaired) electrons. The molecule has 1 aromatic rings. The second-order valence-electron chi connectivity index (χ2n) is 5.20. The molecule has 5 heteroatoms. The molecule has 0 bridgehead atoms. The fourth-order valence-corrected chi connectivity index (χ4v) is 2.76. The quantitative estimate of drug-likeness (QED) is 0.491. The molecule has 0 saturated heterocycles. The third-order valence-electron chi connectivity index (χ3n) is 3.95. The minimum Gasteiger partial charge on any atom is -0.393 e. The number of nitro benzene ring substituents is 1. The number of fused-ring (bicyclic) bond motifs is 1. The maximum absolute atomic E-state index is 10.9. The van der Waals surface area contributed by atoms with Crippen molar-refractivity contribution in [3.63, 3.8) is 0 Å². The number of nitrogens with zero attached hydrogens (tertiary/aromatic N) is 2. The van der Waals surface area contributed by atoms with E-state index in [9.17, 15) is 10.1 Å². The zero-order chi connectivity index (χ0) is 12.7. The Morgan fingerprint density at radius 3 is 2.39 bits per heavy atom. The SMILES string of the molecule is Nc1cc2c(cc1[N+](=O)[O-])CCN(C1CC1)CC2. The van der Waals surface area contributed by atoms with Crippen molar-refractivity contribution in [2.24, 2.45) is 0 Å². The highest BCUT2D eigenvalue weighted by molar-refractivity contribution is 5.62. The van der Waals surface area contributed by atoms with Crippen LogP contribution in [0, 0.1) is 10.1 Å². The predicted molar refractivity (Wildman–Crippen MR) is 69.5 cm³/mol. The summed E-state index contributed by atoms with van der Waals surface area (Å²) in [4.78, 5) is 13.0. The number of hydrogen-bond donors (Lipinski definition) is 1. The molecule has 2 N–H and O–H groups in total. The van der Waals surface area contributed by atoms with Gasteiger partial charge >= 0.3 is 0 Å². The Hall–Kier alpha value is -1.62. The standard InChI is InChI=1S/C13H17N3O2/c14-12-7-9-3-5-15(11-1-2-11)6-4-10(9)8-13(12)16(17)18/h7-8,11H,1-6,14H2. The Morgan fingerprint density at radius 1 is 1.22 bits per heavy atom. The van der Waals surface area contributed by atoms with Gasteiger partial charge in [-0.2, -0.15) is 0 Å². The first-order chi connectivity index (χ1) is 8.65. The van der Waals surface area contributed by atoms with Crippen LogP contribution in [0.25, 0.3) is 0 Å². The van der Waals surface area contributed by atoms with E-state index in [0.29, 0.717) is 5.69 Å². The monoisotopic (exact) mass is 247 g/mol. The highest BCUT2D eigenvalue weighted by Crippen LogP contribution is 2.32. The van der Waals surface area contributed by atoms with Gasteiger partial charge in [-0.25, -0.2) is 0 Å². The van der Waals surface area contributed by atoms with E-state index < -0.39 is 0 Å². The Morgan fingerprint density at radius 2 is 1.83 bits per heavy atom. The number of anilines is 1. The van der Waals surface area contributed by atoms with Crippen LogP contribution in [0.1, 0.15) is 24.0 Å². The average Bonchev–Trinajstić information content (AvgIpc) is 3.12. The molecule has 18 heavy (non-hydrogen) atoms. The lowest BCUT2D eigenvalue weighted by atomic mass is 10.0. The van der Waals surface area contributed by atoms with Crippen LogP contribution < -0.4 is 5.73 Å². The summed E-state index contributed by atoms with van der Waals surface area (Å²) in [6, 6.07) is 4.22. The van der Waals surface area contributed by atoms with E-state index in [1.165, 1.54) is 18.4 Å². The minimum atomic E-state index is -0.390. The number of nitrogens with two attached hydrogens (primary N) is 1. The van der Waals surface area contributed by atoms with Gasteiger partial charge < -0.3 is 5.73 Å². The summed E-state index contributed by atoms with van der Waals surface area (Å²) in [5.41, 5.74) is 8.37. The van der Waals surface area contributed by atoms with E-state index >= 15 is 0 Å². The molecular weight excluding hydrogens is 230 g/mol.